The van der Waals surface area contributed by atoms with Gasteiger partial charge in [-0.1, -0.05) is 50.5 Å². The quantitative estimate of drug-likeness (QED) is 0.362. The third-order valence-corrected chi connectivity index (χ3v) is 7.17. The van der Waals surface area contributed by atoms with Crippen LogP contribution in [0.3, 0.4) is 0 Å². The van der Waals surface area contributed by atoms with Crippen molar-refractivity contribution in [3.8, 4) is 0 Å². The zero-order valence-corrected chi connectivity index (χ0v) is 20.5. The molecule has 3 rings (SSSR count). The number of thiocarbonyl (C=S) groups is 1. The summed E-state index contributed by atoms with van der Waals surface area (Å²) in [5.41, 5.74) is 4.39. The molecule has 0 saturated carbocycles. The molecular weight excluding hydrogens is 424 g/mol. The number of rotatable bonds is 7. The average Bonchev–Trinajstić information content (AvgIpc) is 3.04. The van der Waals surface area contributed by atoms with E-state index in [0.29, 0.717) is 17.3 Å². The summed E-state index contributed by atoms with van der Waals surface area (Å²) in [5.74, 6) is -0.245. The van der Waals surface area contributed by atoms with Gasteiger partial charge in [0.1, 0.15) is 5.00 Å². The van der Waals surface area contributed by atoms with Crippen LogP contribution in [0.5, 0.6) is 0 Å². The molecule has 1 atom stereocenters. The molecule has 1 heterocycles. The highest BCUT2D eigenvalue weighted by atomic mass is 32.1. The van der Waals surface area contributed by atoms with Crippen molar-refractivity contribution in [2.24, 2.45) is 0 Å². The van der Waals surface area contributed by atoms with E-state index in [2.05, 4.69) is 48.7 Å². The van der Waals surface area contributed by atoms with Gasteiger partial charge in [0.05, 0.1) is 18.2 Å². The fourth-order valence-electron chi connectivity index (χ4n) is 4.11. The zero-order valence-electron chi connectivity index (χ0n) is 18.9. The molecule has 1 aromatic heterocycles. The van der Waals surface area contributed by atoms with Crippen LogP contribution in [0.15, 0.2) is 24.3 Å². The number of esters is 1. The summed E-state index contributed by atoms with van der Waals surface area (Å²) in [5, 5.41) is 8.04. The Morgan fingerprint density at radius 1 is 1.13 bits per heavy atom. The lowest BCUT2D eigenvalue weighted by Gasteiger charge is -2.18. The average molecular weight is 459 g/mol. The Hall–Kier alpha value is -1.92. The van der Waals surface area contributed by atoms with Crippen LogP contribution < -0.4 is 10.6 Å². The summed E-state index contributed by atoms with van der Waals surface area (Å²) in [7, 11) is 0. The second kappa shape index (κ2) is 11.6. The minimum atomic E-state index is -0.245. The van der Waals surface area contributed by atoms with Gasteiger partial charge in [-0.05, 0) is 74.9 Å². The summed E-state index contributed by atoms with van der Waals surface area (Å²) in [6, 6.07) is 8.76. The largest absolute Gasteiger partial charge is 0.462 e. The number of hydrogen-bond donors (Lipinski definition) is 2. The molecule has 0 amide bonds. The molecule has 0 fully saturated rings. The third kappa shape index (κ3) is 6.30. The molecule has 6 heteroatoms. The highest BCUT2D eigenvalue weighted by Crippen LogP contribution is 2.37. The van der Waals surface area contributed by atoms with Gasteiger partial charge >= 0.3 is 5.97 Å². The SMILES string of the molecule is CCCc1ccc(C(C)NC(=S)Nc2sc3c(c2C(=O)OCC)CCCCCC3)cc1. The van der Waals surface area contributed by atoms with Crippen LogP contribution in [-0.4, -0.2) is 17.7 Å². The summed E-state index contributed by atoms with van der Waals surface area (Å²) in [6.07, 6.45) is 8.96. The van der Waals surface area contributed by atoms with E-state index in [0.717, 1.165) is 42.7 Å². The van der Waals surface area contributed by atoms with Gasteiger partial charge in [0, 0.05) is 4.88 Å². The topological polar surface area (TPSA) is 50.4 Å². The van der Waals surface area contributed by atoms with E-state index in [4.69, 9.17) is 17.0 Å². The summed E-state index contributed by atoms with van der Waals surface area (Å²) in [4.78, 5) is 14.1. The number of thiophene rings is 1. The molecule has 0 spiro atoms. The molecule has 168 valence electrons. The lowest BCUT2D eigenvalue weighted by molar-refractivity contribution is 0.0526. The molecule has 0 bridgehead atoms. The van der Waals surface area contributed by atoms with Crippen LogP contribution in [0.4, 0.5) is 5.00 Å². The number of fused-ring (bicyclic) bond motifs is 1. The first-order chi connectivity index (χ1) is 15.0. The van der Waals surface area contributed by atoms with Crippen LogP contribution in [0.25, 0.3) is 0 Å². The molecule has 1 aliphatic carbocycles. The fraction of sp³-hybridized carbons (Fsp3) is 0.520. The Balaban J connectivity index is 1.75. The number of hydrogen-bond acceptors (Lipinski definition) is 4. The van der Waals surface area contributed by atoms with Gasteiger partial charge in [-0.2, -0.15) is 0 Å². The number of ether oxygens (including phenoxy) is 1. The summed E-state index contributed by atoms with van der Waals surface area (Å²) >= 11 is 7.27. The van der Waals surface area contributed by atoms with Crippen LogP contribution >= 0.6 is 23.6 Å². The molecule has 1 aliphatic rings. The molecular formula is C25H34N2O2S2. The lowest BCUT2D eigenvalue weighted by atomic mass is 9.96. The minimum absolute atomic E-state index is 0.0720. The Bertz CT molecular complexity index is 890. The Kier molecular flexibility index (Phi) is 8.90. The van der Waals surface area contributed by atoms with Gasteiger partial charge < -0.3 is 15.4 Å². The number of nitrogens with one attached hydrogen (secondary N) is 2. The maximum absolute atomic E-state index is 12.8. The van der Waals surface area contributed by atoms with Crippen molar-refractivity contribution in [1.82, 2.24) is 5.32 Å². The maximum atomic E-state index is 12.8. The van der Waals surface area contributed by atoms with Gasteiger partial charge in [-0.3, -0.25) is 0 Å². The number of anilines is 1. The summed E-state index contributed by atoms with van der Waals surface area (Å²) in [6.45, 7) is 6.51. The minimum Gasteiger partial charge on any atom is -0.462 e. The maximum Gasteiger partial charge on any atom is 0.341 e. The molecule has 2 N–H and O–H groups in total. The van der Waals surface area contributed by atoms with E-state index in [9.17, 15) is 4.79 Å². The lowest BCUT2D eigenvalue weighted by Crippen LogP contribution is -2.31. The van der Waals surface area contributed by atoms with Crippen molar-refractivity contribution in [2.75, 3.05) is 11.9 Å². The first-order valence-electron chi connectivity index (χ1n) is 11.5. The van der Waals surface area contributed by atoms with Crippen molar-refractivity contribution in [2.45, 2.75) is 78.2 Å². The van der Waals surface area contributed by atoms with Crippen molar-refractivity contribution in [1.29, 1.82) is 0 Å². The standard InChI is InChI=1S/C25H34N2O2S2/c1-4-10-18-13-15-19(16-14-18)17(3)26-25(30)27-23-22(24(28)29-5-2)20-11-8-6-7-9-12-21(20)31-23/h13-17H,4-12H2,1-3H3,(H2,26,27,30). The third-order valence-electron chi connectivity index (χ3n) is 5.74. The van der Waals surface area contributed by atoms with E-state index in [1.807, 2.05) is 6.92 Å². The second-order valence-electron chi connectivity index (χ2n) is 8.15. The Morgan fingerprint density at radius 3 is 2.52 bits per heavy atom. The molecule has 31 heavy (non-hydrogen) atoms. The van der Waals surface area contributed by atoms with Crippen molar-refractivity contribution < 1.29 is 9.53 Å². The monoisotopic (exact) mass is 458 g/mol. The van der Waals surface area contributed by atoms with Gasteiger partial charge in [0.2, 0.25) is 0 Å². The van der Waals surface area contributed by atoms with Crippen LogP contribution in [0.1, 0.15) is 90.8 Å². The molecule has 0 radical (unpaired) electrons. The zero-order chi connectivity index (χ0) is 22.2. The molecule has 1 aromatic carbocycles. The highest BCUT2D eigenvalue weighted by Gasteiger charge is 2.26. The van der Waals surface area contributed by atoms with Crippen molar-refractivity contribution >= 4 is 39.6 Å². The van der Waals surface area contributed by atoms with Crippen LogP contribution in [0.2, 0.25) is 0 Å². The molecule has 4 nitrogen and oxygen atoms in total. The smallest absolute Gasteiger partial charge is 0.341 e. The molecule has 0 saturated heterocycles. The van der Waals surface area contributed by atoms with E-state index >= 15 is 0 Å². The Labute approximate surface area is 195 Å². The van der Waals surface area contributed by atoms with Crippen LogP contribution in [-0.2, 0) is 24.0 Å². The molecule has 1 unspecified atom stereocenters. The Morgan fingerprint density at radius 2 is 1.84 bits per heavy atom. The number of aryl methyl sites for hydroxylation is 2. The van der Waals surface area contributed by atoms with Crippen molar-refractivity contribution in [3.05, 3.63) is 51.4 Å². The summed E-state index contributed by atoms with van der Waals surface area (Å²) < 4.78 is 5.39. The molecule has 0 aliphatic heterocycles. The van der Waals surface area contributed by atoms with E-state index in [-0.39, 0.29) is 12.0 Å². The van der Waals surface area contributed by atoms with E-state index in [1.165, 1.54) is 35.3 Å². The first kappa shape index (κ1) is 23.7. The number of carbonyl (C=O) groups is 1. The van der Waals surface area contributed by atoms with Gasteiger partial charge in [-0.15, -0.1) is 11.3 Å². The molecule has 2 aromatic rings. The first-order valence-corrected chi connectivity index (χ1v) is 12.7. The predicted octanol–water partition coefficient (Wildman–Crippen LogP) is 6.58. The second-order valence-corrected chi connectivity index (χ2v) is 9.67. The predicted molar refractivity (Wildman–Crippen MR) is 134 cm³/mol. The van der Waals surface area contributed by atoms with Gasteiger partial charge in [-0.25, -0.2) is 4.79 Å². The number of carbonyl (C=O) groups excluding carboxylic acids is 1. The normalized spacial score (nSPS) is 14.7. The van der Waals surface area contributed by atoms with Crippen LogP contribution in [0, 0.1) is 0 Å². The number of benzene rings is 1. The van der Waals surface area contributed by atoms with Gasteiger partial charge in [0.15, 0.2) is 5.11 Å². The van der Waals surface area contributed by atoms with E-state index < -0.39 is 0 Å². The van der Waals surface area contributed by atoms with E-state index in [1.54, 1.807) is 11.3 Å². The highest BCUT2D eigenvalue weighted by molar-refractivity contribution is 7.80. The van der Waals surface area contributed by atoms with Gasteiger partial charge in [0.25, 0.3) is 0 Å². The van der Waals surface area contributed by atoms with Crippen molar-refractivity contribution in [3.63, 3.8) is 0 Å². The fourth-order valence-corrected chi connectivity index (χ4v) is 5.73.